The monoisotopic (exact) mass is 337 g/mol. The van der Waals surface area contributed by atoms with E-state index in [4.69, 9.17) is 5.73 Å². The molecule has 0 saturated heterocycles. The van der Waals surface area contributed by atoms with Crippen LogP contribution >= 0.6 is 0 Å². The molecule has 3 heteroatoms. The molecule has 2 aromatic rings. The second-order valence-corrected chi connectivity index (χ2v) is 8.65. The molecule has 0 unspecified atom stereocenters. The standard InChI is InChI=1S/C22H31N3/c1-16(23)24-25(19-12-8-17(9-13-19)21(2,3)4)20-14-10-18(11-15-20)22(5,6)7/h8-15H,1-7H3,(H2,23,24). The number of rotatable bonds is 3. The van der Waals surface area contributed by atoms with Gasteiger partial charge in [0.2, 0.25) is 0 Å². The Hall–Kier alpha value is -2.29. The van der Waals surface area contributed by atoms with Crippen LogP contribution in [0.5, 0.6) is 0 Å². The zero-order valence-corrected chi connectivity index (χ0v) is 16.6. The maximum atomic E-state index is 5.87. The highest BCUT2D eigenvalue weighted by atomic mass is 15.5. The van der Waals surface area contributed by atoms with Gasteiger partial charge in [-0.1, -0.05) is 65.8 Å². The molecule has 2 aromatic carbocycles. The lowest BCUT2D eigenvalue weighted by Crippen LogP contribution is -2.18. The summed E-state index contributed by atoms with van der Waals surface area (Å²) < 4.78 is 0. The Labute approximate surface area is 152 Å². The lowest BCUT2D eigenvalue weighted by atomic mass is 9.87. The van der Waals surface area contributed by atoms with E-state index >= 15 is 0 Å². The number of benzene rings is 2. The number of nitrogens with two attached hydrogens (primary N) is 1. The van der Waals surface area contributed by atoms with Crippen LogP contribution in [-0.2, 0) is 10.8 Å². The van der Waals surface area contributed by atoms with E-state index < -0.39 is 0 Å². The predicted molar refractivity (Wildman–Crippen MR) is 110 cm³/mol. The van der Waals surface area contributed by atoms with Gasteiger partial charge in [-0.3, -0.25) is 0 Å². The quantitative estimate of drug-likeness (QED) is 0.442. The van der Waals surface area contributed by atoms with Gasteiger partial charge in [0.25, 0.3) is 0 Å². The highest BCUT2D eigenvalue weighted by Gasteiger charge is 2.17. The van der Waals surface area contributed by atoms with E-state index in [1.807, 2.05) is 5.01 Å². The van der Waals surface area contributed by atoms with Gasteiger partial charge in [0.15, 0.2) is 0 Å². The molecule has 0 fully saturated rings. The third-order valence-corrected chi connectivity index (χ3v) is 4.21. The zero-order valence-electron chi connectivity index (χ0n) is 16.6. The van der Waals surface area contributed by atoms with Gasteiger partial charge in [0, 0.05) is 0 Å². The number of hydrogen-bond donors (Lipinski definition) is 1. The van der Waals surface area contributed by atoms with E-state index in [-0.39, 0.29) is 10.8 Å². The molecule has 25 heavy (non-hydrogen) atoms. The highest BCUT2D eigenvalue weighted by Crippen LogP contribution is 2.31. The molecule has 0 saturated carbocycles. The normalized spacial score (nSPS) is 13.0. The summed E-state index contributed by atoms with van der Waals surface area (Å²) in [5, 5.41) is 6.43. The molecule has 0 spiro atoms. The average molecular weight is 338 g/mol. The lowest BCUT2D eigenvalue weighted by Gasteiger charge is -2.24. The van der Waals surface area contributed by atoms with Gasteiger partial charge < -0.3 is 5.73 Å². The Morgan fingerprint density at radius 3 is 1.28 bits per heavy atom. The third kappa shape index (κ3) is 4.85. The fourth-order valence-electron chi connectivity index (χ4n) is 2.63. The van der Waals surface area contributed by atoms with E-state index in [1.165, 1.54) is 11.1 Å². The Bertz CT molecular complexity index is 665. The minimum absolute atomic E-state index is 0.130. The van der Waals surface area contributed by atoms with Crippen LogP contribution in [0.3, 0.4) is 0 Å². The molecule has 0 bridgehead atoms. The van der Waals surface area contributed by atoms with Crippen LogP contribution in [0.4, 0.5) is 11.4 Å². The first kappa shape index (κ1) is 19.0. The van der Waals surface area contributed by atoms with Crippen molar-refractivity contribution in [3.05, 3.63) is 59.7 Å². The Kier molecular flexibility index (Phi) is 5.26. The van der Waals surface area contributed by atoms with Gasteiger partial charge in [-0.2, -0.15) is 5.10 Å². The van der Waals surface area contributed by atoms with Gasteiger partial charge in [-0.25, -0.2) is 5.01 Å². The summed E-state index contributed by atoms with van der Waals surface area (Å²) in [5.41, 5.74) is 10.7. The van der Waals surface area contributed by atoms with Crippen molar-refractivity contribution >= 4 is 17.2 Å². The molecule has 2 N–H and O–H groups in total. The van der Waals surface area contributed by atoms with Crippen LogP contribution in [0.15, 0.2) is 53.6 Å². The van der Waals surface area contributed by atoms with Crippen LogP contribution in [0, 0.1) is 0 Å². The molecule has 0 aliphatic rings. The largest absolute Gasteiger partial charge is 0.386 e. The summed E-state index contributed by atoms with van der Waals surface area (Å²) in [6.07, 6.45) is 0. The van der Waals surface area contributed by atoms with Crippen molar-refractivity contribution in [2.24, 2.45) is 10.8 Å². The van der Waals surface area contributed by atoms with Crippen molar-refractivity contribution in [3.8, 4) is 0 Å². The topological polar surface area (TPSA) is 41.6 Å². The van der Waals surface area contributed by atoms with Crippen molar-refractivity contribution in [2.45, 2.75) is 59.3 Å². The number of amidine groups is 1. The molecular weight excluding hydrogens is 306 g/mol. The summed E-state index contributed by atoms with van der Waals surface area (Å²) in [5.74, 6) is 0.528. The summed E-state index contributed by atoms with van der Waals surface area (Å²) in [6.45, 7) is 15.1. The fourth-order valence-corrected chi connectivity index (χ4v) is 2.63. The molecule has 0 aliphatic heterocycles. The number of anilines is 2. The summed E-state index contributed by atoms with van der Waals surface area (Å²) in [4.78, 5) is 0. The molecule has 2 rings (SSSR count). The lowest BCUT2D eigenvalue weighted by molar-refractivity contribution is 0.590. The van der Waals surface area contributed by atoms with Crippen molar-refractivity contribution in [3.63, 3.8) is 0 Å². The van der Waals surface area contributed by atoms with Crippen molar-refractivity contribution < 1.29 is 0 Å². The van der Waals surface area contributed by atoms with Gasteiger partial charge in [-0.15, -0.1) is 0 Å². The smallest absolute Gasteiger partial charge is 0.117 e. The first-order valence-corrected chi connectivity index (χ1v) is 8.80. The second-order valence-electron chi connectivity index (χ2n) is 8.65. The maximum Gasteiger partial charge on any atom is 0.117 e. The molecule has 3 nitrogen and oxygen atoms in total. The minimum atomic E-state index is 0.130. The van der Waals surface area contributed by atoms with Crippen molar-refractivity contribution in [1.29, 1.82) is 0 Å². The van der Waals surface area contributed by atoms with Crippen molar-refractivity contribution in [2.75, 3.05) is 5.01 Å². The first-order valence-electron chi connectivity index (χ1n) is 8.80. The second kappa shape index (κ2) is 6.91. The molecule has 0 aromatic heterocycles. The van der Waals surface area contributed by atoms with Gasteiger partial charge >= 0.3 is 0 Å². The number of nitrogens with zero attached hydrogens (tertiary/aromatic N) is 2. The molecule has 0 aliphatic carbocycles. The predicted octanol–water partition coefficient (Wildman–Crippen LogP) is 5.71. The number of hydrogen-bond acceptors (Lipinski definition) is 2. The molecular formula is C22H31N3. The first-order chi connectivity index (χ1) is 11.5. The zero-order chi connectivity index (χ0) is 18.8. The molecule has 0 radical (unpaired) electrons. The van der Waals surface area contributed by atoms with E-state index in [0.29, 0.717) is 5.84 Å². The molecule has 0 amide bonds. The Morgan fingerprint density at radius 2 is 1.04 bits per heavy atom. The highest BCUT2D eigenvalue weighted by molar-refractivity contribution is 5.80. The van der Waals surface area contributed by atoms with E-state index in [1.54, 1.807) is 6.92 Å². The summed E-state index contributed by atoms with van der Waals surface area (Å²) in [6, 6.07) is 17.0. The molecule has 0 heterocycles. The van der Waals surface area contributed by atoms with Gasteiger partial charge in [0.1, 0.15) is 5.84 Å². The Balaban J connectivity index is 2.42. The van der Waals surface area contributed by atoms with Gasteiger partial charge in [-0.05, 0) is 53.1 Å². The van der Waals surface area contributed by atoms with E-state index in [0.717, 1.165) is 11.4 Å². The fraction of sp³-hybridized carbons (Fsp3) is 0.409. The van der Waals surface area contributed by atoms with Crippen LogP contribution < -0.4 is 10.7 Å². The number of hydrazone groups is 1. The van der Waals surface area contributed by atoms with Crippen LogP contribution in [0.1, 0.15) is 59.6 Å². The van der Waals surface area contributed by atoms with Crippen molar-refractivity contribution in [1.82, 2.24) is 0 Å². The molecule has 134 valence electrons. The summed E-state index contributed by atoms with van der Waals surface area (Å²) >= 11 is 0. The third-order valence-electron chi connectivity index (χ3n) is 4.21. The average Bonchev–Trinajstić information content (AvgIpc) is 2.51. The van der Waals surface area contributed by atoms with Crippen LogP contribution in [-0.4, -0.2) is 5.84 Å². The van der Waals surface area contributed by atoms with E-state index in [9.17, 15) is 0 Å². The van der Waals surface area contributed by atoms with Crippen LogP contribution in [0.25, 0.3) is 0 Å². The minimum Gasteiger partial charge on any atom is -0.386 e. The van der Waals surface area contributed by atoms with Gasteiger partial charge in [0.05, 0.1) is 11.4 Å². The SMILES string of the molecule is C/C(N)=N/N(c1ccc(C(C)(C)C)cc1)c1ccc(C(C)(C)C)cc1. The van der Waals surface area contributed by atoms with E-state index in [2.05, 4.69) is 95.2 Å². The Morgan fingerprint density at radius 1 is 0.720 bits per heavy atom. The summed E-state index contributed by atoms with van der Waals surface area (Å²) in [7, 11) is 0. The van der Waals surface area contributed by atoms with Crippen LogP contribution in [0.2, 0.25) is 0 Å². The maximum absolute atomic E-state index is 5.87. The molecule has 0 atom stereocenters.